The SMILES string of the molecule is O=C(Nc1ccc2[nH]c(=O)sc2c1)C(=O)N1CCN(c2ccc(F)cc2)CC1. The molecule has 1 aliphatic rings. The van der Waals surface area contributed by atoms with Crippen LogP contribution in [0.25, 0.3) is 10.2 Å². The first kappa shape index (κ1) is 18.2. The third kappa shape index (κ3) is 3.74. The molecule has 2 amide bonds. The summed E-state index contributed by atoms with van der Waals surface area (Å²) >= 11 is 1.04. The molecule has 0 saturated carbocycles. The Bertz CT molecular complexity index is 1080. The van der Waals surface area contributed by atoms with E-state index in [4.69, 9.17) is 0 Å². The van der Waals surface area contributed by atoms with Crippen molar-refractivity contribution >= 4 is 44.7 Å². The molecule has 0 unspecified atom stereocenters. The van der Waals surface area contributed by atoms with Crippen LogP contribution >= 0.6 is 11.3 Å². The summed E-state index contributed by atoms with van der Waals surface area (Å²) in [7, 11) is 0. The molecular formula is C19H17FN4O3S. The Labute approximate surface area is 163 Å². The van der Waals surface area contributed by atoms with Crippen LogP contribution in [0.2, 0.25) is 0 Å². The van der Waals surface area contributed by atoms with Crippen LogP contribution in [0, 0.1) is 5.82 Å². The summed E-state index contributed by atoms with van der Waals surface area (Å²) < 4.78 is 13.8. The number of aromatic amines is 1. The number of nitrogens with one attached hydrogen (secondary N) is 2. The van der Waals surface area contributed by atoms with E-state index in [9.17, 15) is 18.8 Å². The zero-order chi connectivity index (χ0) is 19.7. The number of carbonyl (C=O) groups excluding carboxylic acids is 2. The molecule has 0 atom stereocenters. The number of carbonyl (C=O) groups is 2. The number of rotatable bonds is 2. The molecule has 7 nitrogen and oxygen atoms in total. The molecule has 1 aliphatic heterocycles. The number of thiazole rings is 1. The highest BCUT2D eigenvalue weighted by Gasteiger charge is 2.26. The standard InChI is InChI=1S/C19H17FN4O3S/c20-12-1-4-14(5-2-12)23-7-9-24(10-8-23)18(26)17(25)21-13-3-6-15-16(11-13)28-19(27)22-15/h1-6,11H,7-10H2,(H,21,25)(H,22,27). The number of halogens is 1. The van der Waals surface area contributed by atoms with Crippen molar-refractivity contribution in [2.75, 3.05) is 36.4 Å². The maximum absolute atomic E-state index is 13.0. The van der Waals surface area contributed by atoms with Crippen LogP contribution in [-0.2, 0) is 9.59 Å². The number of piperazine rings is 1. The van der Waals surface area contributed by atoms with Crippen LogP contribution in [0.5, 0.6) is 0 Å². The summed E-state index contributed by atoms with van der Waals surface area (Å²) in [5.41, 5.74) is 2.04. The molecule has 0 bridgehead atoms. The number of hydrogen-bond acceptors (Lipinski definition) is 5. The van der Waals surface area contributed by atoms with Gasteiger partial charge in [0.2, 0.25) is 0 Å². The molecule has 1 saturated heterocycles. The lowest BCUT2D eigenvalue weighted by molar-refractivity contribution is -0.143. The molecule has 0 spiro atoms. The van der Waals surface area contributed by atoms with Gasteiger partial charge < -0.3 is 20.1 Å². The number of amides is 2. The van der Waals surface area contributed by atoms with Crippen LogP contribution in [0.4, 0.5) is 15.8 Å². The minimum Gasteiger partial charge on any atom is -0.368 e. The monoisotopic (exact) mass is 400 g/mol. The third-order valence-electron chi connectivity index (χ3n) is 4.63. The molecular weight excluding hydrogens is 383 g/mol. The van der Waals surface area contributed by atoms with Gasteiger partial charge in [0.05, 0.1) is 10.2 Å². The van der Waals surface area contributed by atoms with Crippen molar-refractivity contribution in [1.29, 1.82) is 0 Å². The van der Waals surface area contributed by atoms with Gasteiger partial charge in [-0.25, -0.2) is 4.39 Å². The molecule has 28 heavy (non-hydrogen) atoms. The van der Waals surface area contributed by atoms with E-state index in [1.165, 1.54) is 17.0 Å². The highest BCUT2D eigenvalue weighted by molar-refractivity contribution is 7.16. The summed E-state index contributed by atoms with van der Waals surface area (Å²) in [5.74, 6) is -1.60. The first-order valence-corrected chi connectivity index (χ1v) is 9.55. The maximum atomic E-state index is 13.0. The Hall–Kier alpha value is -3.20. The van der Waals surface area contributed by atoms with Gasteiger partial charge in [0.15, 0.2) is 0 Å². The molecule has 2 N–H and O–H groups in total. The fourth-order valence-corrected chi connectivity index (χ4v) is 3.95. The van der Waals surface area contributed by atoms with Crippen molar-refractivity contribution in [3.8, 4) is 0 Å². The Balaban J connectivity index is 1.36. The average molecular weight is 400 g/mol. The van der Waals surface area contributed by atoms with Gasteiger partial charge in [0.25, 0.3) is 0 Å². The fraction of sp³-hybridized carbons (Fsp3) is 0.211. The number of aromatic nitrogens is 1. The van der Waals surface area contributed by atoms with Crippen molar-refractivity contribution < 1.29 is 14.0 Å². The molecule has 0 aliphatic carbocycles. The molecule has 4 rings (SSSR count). The van der Waals surface area contributed by atoms with Crippen LogP contribution in [0.1, 0.15) is 0 Å². The van der Waals surface area contributed by atoms with Gasteiger partial charge in [-0.1, -0.05) is 11.3 Å². The highest BCUT2D eigenvalue weighted by atomic mass is 32.1. The van der Waals surface area contributed by atoms with Gasteiger partial charge in [0.1, 0.15) is 5.82 Å². The summed E-state index contributed by atoms with van der Waals surface area (Å²) in [6.07, 6.45) is 0. The zero-order valence-electron chi connectivity index (χ0n) is 14.8. The summed E-state index contributed by atoms with van der Waals surface area (Å²) in [5, 5.41) is 2.59. The van der Waals surface area contributed by atoms with Gasteiger partial charge in [-0.3, -0.25) is 14.4 Å². The summed E-state index contributed by atoms with van der Waals surface area (Å²) in [6, 6.07) is 11.2. The van der Waals surface area contributed by atoms with Gasteiger partial charge in [-0.2, -0.15) is 0 Å². The van der Waals surface area contributed by atoms with Gasteiger partial charge in [0, 0.05) is 37.6 Å². The maximum Gasteiger partial charge on any atom is 0.313 e. The molecule has 2 aromatic carbocycles. The van der Waals surface area contributed by atoms with Crippen LogP contribution in [-0.4, -0.2) is 47.9 Å². The molecule has 1 aromatic heterocycles. The smallest absolute Gasteiger partial charge is 0.313 e. The van der Waals surface area contributed by atoms with Crippen molar-refractivity contribution in [3.63, 3.8) is 0 Å². The predicted molar refractivity (Wildman–Crippen MR) is 106 cm³/mol. The number of anilines is 2. The molecule has 1 fully saturated rings. The van der Waals surface area contributed by atoms with Crippen molar-refractivity contribution in [2.24, 2.45) is 0 Å². The summed E-state index contributed by atoms with van der Waals surface area (Å²) in [6.45, 7) is 1.94. The second-order valence-corrected chi connectivity index (χ2v) is 7.45. The quantitative estimate of drug-likeness (QED) is 0.645. The highest BCUT2D eigenvalue weighted by Crippen LogP contribution is 2.20. The minimum absolute atomic E-state index is 0.173. The number of nitrogens with zero attached hydrogens (tertiary/aromatic N) is 2. The van der Waals surface area contributed by atoms with E-state index in [2.05, 4.69) is 10.3 Å². The number of benzene rings is 2. The Kier molecular flexibility index (Phi) is 4.82. The van der Waals surface area contributed by atoms with E-state index in [0.29, 0.717) is 42.1 Å². The Morgan fingerprint density at radius 1 is 1.04 bits per heavy atom. The Morgan fingerprint density at radius 3 is 2.46 bits per heavy atom. The number of fused-ring (bicyclic) bond motifs is 1. The topological polar surface area (TPSA) is 85.5 Å². The lowest BCUT2D eigenvalue weighted by atomic mass is 10.2. The molecule has 144 valence electrons. The first-order chi connectivity index (χ1) is 13.5. The number of hydrogen-bond donors (Lipinski definition) is 2. The molecule has 3 aromatic rings. The van der Waals surface area contributed by atoms with E-state index in [1.807, 2.05) is 4.90 Å². The number of H-pyrrole nitrogens is 1. The van der Waals surface area contributed by atoms with E-state index in [-0.39, 0.29) is 10.7 Å². The normalized spacial score (nSPS) is 14.3. The van der Waals surface area contributed by atoms with Gasteiger partial charge in [-0.05, 0) is 42.5 Å². The van der Waals surface area contributed by atoms with Crippen molar-refractivity contribution in [2.45, 2.75) is 0 Å². The molecule has 0 radical (unpaired) electrons. The second kappa shape index (κ2) is 7.43. The van der Waals surface area contributed by atoms with E-state index < -0.39 is 11.8 Å². The lowest BCUT2D eigenvalue weighted by Crippen LogP contribution is -2.51. The molecule has 9 heteroatoms. The van der Waals surface area contributed by atoms with E-state index >= 15 is 0 Å². The van der Waals surface area contributed by atoms with Crippen molar-refractivity contribution in [1.82, 2.24) is 9.88 Å². The third-order valence-corrected chi connectivity index (χ3v) is 5.48. The van der Waals surface area contributed by atoms with Crippen LogP contribution in [0.3, 0.4) is 0 Å². The van der Waals surface area contributed by atoms with Crippen LogP contribution in [0.15, 0.2) is 47.3 Å². The average Bonchev–Trinajstić information content (AvgIpc) is 3.07. The Morgan fingerprint density at radius 2 is 1.75 bits per heavy atom. The van der Waals surface area contributed by atoms with E-state index in [0.717, 1.165) is 17.0 Å². The van der Waals surface area contributed by atoms with E-state index in [1.54, 1.807) is 30.3 Å². The van der Waals surface area contributed by atoms with Gasteiger partial charge in [-0.15, -0.1) is 0 Å². The second-order valence-electron chi connectivity index (χ2n) is 6.44. The lowest BCUT2D eigenvalue weighted by Gasteiger charge is -2.35. The van der Waals surface area contributed by atoms with Gasteiger partial charge >= 0.3 is 16.7 Å². The largest absolute Gasteiger partial charge is 0.368 e. The molecule has 2 heterocycles. The minimum atomic E-state index is -0.711. The van der Waals surface area contributed by atoms with Crippen LogP contribution < -0.4 is 15.1 Å². The predicted octanol–water partition coefficient (Wildman–Crippen LogP) is 2.02. The fourth-order valence-electron chi connectivity index (χ4n) is 3.17. The first-order valence-electron chi connectivity index (χ1n) is 8.73. The zero-order valence-corrected chi connectivity index (χ0v) is 15.6. The summed E-state index contributed by atoms with van der Waals surface area (Å²) in [4.78, 5) is 42.2. The van der Waals surface area contributed by atoms with Crippen molar-refractivity contribution in [3.05, 3.63) is 57.9 Å².